The summed E-state index contributed by atoms with van der Waals surface area (Å²) >= 11 is 0. The fraction of sp³-hybridized carbons (Fsp3) is 0.500. The van der Waals surface area contributed by atoms with E-state index in [9.17, 15) is 19.1 Å². The molecule has 1 saturated heterocycles. The zero-order valence-corrected chi connectivity index (χ0v) is 18.8. The summed E-state index contributed by atoms with van der Waals surface area (Å²) < 4.78 is 22.9. The predicted molar refractivity (Wildman–Crippen MR) is 123 cm³/mol. The molecular weight excluding hydrogens is 416 g/mol. The van der Waals surface area contributed by atoms with E-state index in [0.717, 1.165) is 47.3 Å². The molecule has 9 heteroatoms. The van der Waals surface area contributed by atoms with Crippen molar-refractivity contribution in [3.8, 4) is 0 Å². The molecule has 0 bridgehead atoms. The van der Waals surface area contributed by atoms with Crippen molar-refractivity contribution < 1.29 is 18.6 Å². The Hall–Kier alpha value is -2.36. The van der Waals surface area contributed by atoms with Crippen LogP contribution < -0.4 is 4.73 Å². The van der Waals surface area contributed by atoms with Gasteiger partial charge in [-0.2, -0.15) is 15.3 Å². The van der Waals surface area contributed by atoms with Gasteiger partial charge in [0.1, 0.15) is 5.82 Å². The maximum atomic E-state index is 12.4. The molecule has 0 aliphatic carbocycles. The molecule has 168 valence electrons. The first-order chi connectivity index (χ1) is 14.8. The Kier molecular flexibility index (Phi) is 6.09. The lowest BCUT2D eigenvalue weighted by molar-refractivity contribution is -0.575. The molecule has 2 N–H and O–H groups in total. The van der Waals surface area contributed by atoms with Gasteiger partial charge in [-0.3, -0.25) is 13.9 Å². The lowest BCUT2D eigenvalue weighted by Gasteiger charge is -2.31. The van der Waals surface area contributed by atoms with Gasteiger partial charge in [0.25, 0.3) is 0 Å². The second-order valence-corrected chi connectivity index (χ2v) is 10.6. The summed E-state index contributed by atoms with van der Waals surface area (Å²) in [6.07, 6.45) is 4.62. The predicted octanol–water partition coefficient (Wildman–Crippen LogP) is 3.54. The molecule has 0 radical (unpaired) electrons. The Balaban J connectivity index is 1.51. The molecule has 2 aromatic heterocycles. The monoisotopic (exact) mass is 446 g/mol. The first-order valence-electron chi connectivity index (χ1n) is 10.8. The van der Waals surface area contributed by atoms with Crippen LogP contribution in [0.25, 0.3) is 21.9 Å². The van der Waals surface area contributed by atoms with E-state index in [2.05, 4.69) is 16.5 Å². The number of aryl methyl sites for hydroxylation is 2. The molecule has 1 fully saturated rings. The molecular formula is C22H30N4O4S. The van der Waals surface area contributed by atoms with Crippen LogP contribution in [-0.2, 0) is 17.8 Å². The number of unbranched alkanes of at least 4 members (excludes halogenated alkanes) is 1. The van der Waals surface area contributed by atoms with E-state index < -0.39 is 10.6 Å². The normalized spacial score (nSPS) is 19.2. The van der Waals surface area contributed by atoms with Gasteiger partial charge < -0.3 is 14.7 Å². The number of rotatable bonds is 7. The number of amides is 1. The van der Waals surface area contributed by atoms with Crippen LogP contribution in [-0.4, -0.2) is 53.6 Å². The van der Waals surface area contributed by atoms with Crippen molar-refractivity contribution in [3.63, 3.8) is 0 Å². The van der Waals surface area contributed by atoms with Gasteiger partial charge in [0.2, 0.25) is 17.6 Å². The Morgan fingerprint density at radius 2 is 2.13 bits per heavy atom. The molecule has 1 aliphatic heterocycles. The number of benzene rings is 1. The number of pyridine rings is 1. The first kappa shape index (κ1) is 21.9. The second-order valence-electron chi connectivity index (χ2n) is 8.27. The summed E-state index contributed by atoms with van der Waals surface area (Å²) in [5, 5.41) is 13.3. The fourth-order valence-corrected chi connectivity index (χ4v) is 6.42. The van der Waals surface area contributed by atoms with Crippen molar-refractivity contribution in [2.45, 2.75) is 52.1 Å². The van der Waals surface area contributed by atoms with E-state index in [1.165, 1.54) is 0 Å². The highest BCUT2D eigenvalue weighted by molar-refractivity contribution is 8.24. The van der Waals surface area contributed by atoms with Gasteiger partial charge in [-0.15, -0.1) is 0 Å². The summed E-state index contributed by atoms with van der Waals surface area (Å²) in [5.74, 6) is 1.60. The second kappa shape index (κ2) is 8.64. The average molecular weight is 447 g/mol. The molecule has 1 unspecified atom stereocenters. The van der Waals surface area contributed by atoms with Gasteiger partial charge >= 0.3 is 0 Å². The highest BCUT2D eigenvalue weighted by Crippen LogP contribution is 2.47. The molecule has 1 amide bonds. The maximum Gasteiger partial charge on any atom is 0.226 e. The summed E-state index contributed by atoms with van der Waals surface area (Å²) in [6.45, 7) is 4.96. The zero-order chi connectivity index (χ0) is 22.2. The van der Waals surface area contributed by atoms with Gasteiger partial charge in [0, 0.05) is 38.3 Å². The van der Waals surface area contributed by atoms with Crippen molar-refractivity contribution in [1.29, 1.82) is 0 Å². The summed E-state index contributed by atoms with van der Waals surface area (Å²) in [7, 11) is -2.53. The van der Waals surface area contributed by atoms with Gasteiger partial charge in [0.15, 0.2) is 5.52 Å². The van der Waals surface area contributed by atoms with E-state index in [4.69, 9.17) is 0 Å². The minimum Gasteiger partial charge on any atom is -0.618 e. The van der Waals surface area contributed by atoms with Crippen LogP contribution in [0.4, 0.5) is 0 Å². The van der Waals surface area contributed by atoms with Crippen LogP contribution in [0.3, 0.4) is 0 Å². The Bertz CT molecular complexity index is 1110. The molecule has 3 heterocycles. The molecule has 4 rings (SSSR count). The summed E-state index contributed by atoms with van der Waals surface area (Å²) in [5.41, 5.74) is 2.31. The highest BCUT2D eigenvalue weighted by Gasteiger charge is 2.33. The average Bonchev–Trinajstić information content (AvgIpc) is 3.27. The molecule has 0 saturated carbocycles. The number of hydrogen-bond acceptors (Lipinski definition) is 5. The van der Waals surface area contributed by atoms with Gasteiger partial charge in [-0.25, -0.2) is 4.98 Å². The summed E-state index contributed by atoms with van der Waals surface area (Å²) in [4.78, 5) is 18.6. The third-order valence-electron chi connectivity index (χ3n) is 6.14. The van der Waals surface area contributed by atoms with Gasteiger partial charge in [-0.1, -0.05) is 19.1 Å². The van der Waals surface area contributed by atoms with Crippen LogP contribution in [0.5, 0.6) is 0 Å². The van der Waals surface area contributed by atoms with Crippen LogP contribution in [0, 0.1) is 5.21 Å². The lowest BCUT2D eigenvalue weighted by Crippen LogP contribution is -2.40. The number of fused-ring (bicyclic) bond motifs is 3. The number of para-hydroxylation sites is 1. The molecule has 3 aromatic rings. The van der Waals surface area contributed by atoms with E-state index in [0.29, 0.717) is 35.5 Å². The van der Waals surface area contributed by atoms with Crippen LogP contribution in [0.1, 0.15) is 38.9 Å². The van der Waals surface area contributed by atoms with Crippen molar-refractivity contribution in [3.05, 3.63) is 41.5 Å². The number of aromatic nitrogens is 3. The molecule has 1 atom stereocenters. The van der Waals surface area contributed by atoms with E-state index in [1.807, 2.05) is 24.3 Å². The van der Waals surface area contributed by atoms with Crippen LogP contribution >= 0.6 is 10.6 Å². The van der Waals surface area contributed by atoms with Crippen molar-refractivity contribution in [1.82, 2.24) is 14.5 Å². The lowest BCUT2D eigenvalue weighted by atomic mass is 10.1. The standard InChI is InChI=1S/C22H30N4O4S/c1-3-21-23-19-14-26(28)20-9-5-4-8-18(20)22(19)25(21)12-7-6-11-24(16(2)27)17-10-13-31(29,30)15-17/h4-5,8-9,14,17,29-30H,3,6-7,10-13,15H2,1-2H3. The summed E-state index contributed by atoms with van der Waals surface area (Å²) in [6, 6.07) is 7.49. The minimum absolute atomic E-state index is 0.0181. The number of imidazole rings is 1. The topological polar surface area (TPSA) is 106 Å². The largest absolute Gasteiger partial charge is 0.618 e. The van der Waals surface area contributed by atoms with Gasteiger partial charge in [0.05, 0.1) is 22.7 Å². The van der Waals surface area contributed by atoms with Crippen molar-refractivity contribution in [2.75, 3.05) is 18.1 Å². The van der Waals surface area contributed by atoms with Crippen molar-refractivity contribution >= 4 is 38.4 Å². The molecule has 31 heavy (non-hydrogen) atoms. The molecule has 8 nitrogen and oxygen atoms in total. The highest BCUT2D eigenvalue weighted by atomic mass is 32.3. The van der Waals surface area contributed by atoms with E-state index in [-0.39, 0.29) is 11.9 Å². The Morgan fingerprint density at radius 1 is 1.35 bits per heavy atom. The van der Waals surface area contributed by atoms with Gasteiger partial charge in [-0.05, 0) is 25.3 Å². The first-order valence-corrected chi connectivity index (χ1v) is 12.7. The third-order valence-corrected chi connectivity index (χ3v) is 7.95. The molecule has 1 aliphatic rings. The Morgan fingerprint density at radius 3 is 2.81 bits per heavy atom. The number of carbonyl (C=O) groups is 1. The number of hydrogen-bond donors (Lipinski definition) is 2. The van der Waals surface area contributed by atoms with E-state index in [1.54, 1.807) is 18.0 Å². The molecule has 0 spiro atoms. The minimum atomic E-state index is -2.53. The maximum absolute atomic E-state index is 12.4. The third kappa shape index (κ3) is 4.35. The smallest absolute Gasteiger partial charge is 0.226 e. The van der Waals surface area contributed by atoms with Crippen LogP contribution in [0.15, 0.2) is 30.5 Å². The quantitative estimate of drug-likeness (QED) is 0.328. The number of nitrogens with zero attached hydrogens (tertiary/aromatic N) is 4. The SMILES string of the molecule is CCc1nc2c[n+]([O-])c3ccccc3c2n1CCCCN(C(C)=O)C1CCS(O)(O)C1. The fourth-order valence-electron chi connectivity index (χ4n) is 4.65. The Labute approximate surface area is 183 Å². The molecule has 1 aromatic carbocycles. The van der Waals surface area contributed by atoms with Crippen molar-refractivity contribution in [2.24, 2.45) is 0 Å². The number of carbonyl (C=O) groups excluding carboxylic acids is 1. The van der Waals surface area contributed by atoms with Crippen LogP contribution in [0.2, 0.25) is 0 Å². The van der Waals surface area contributed by atoms with E-state index >= 15 is 0 Å². The zero-order valence-electron chi connectivity index (χ0n) is 18.0.